The number of aromatic nitrogens is 2. The summed E-state index contributed by atoms with van der Waals surface area (Å²) in [5.74, 6) is -0.699. The van der Waals surface area contributed by atoms with Crippen LogP contribution in [0.15, 0.2) is 36.7 Å². The summed E-state index contributed by atoms with van der Waals surface area (Å²) in [6, 6.07) is 6.68. The second kappa shape index (κ2) is 5.14. The Morgan fingerprint density at radius 3 is 2.67 bits per heavy atom. The van der Waals surface area contributed by atoms with Crippen LogP contribution in [0, 0.1) is 0 Å². The van der Waals surface area contributed by atoms with E-state index in [1.165, 1.54) is 11.8 Å². The number of carbonyl (C=O) groups is 2. The lowest BCUT2D eigenvalue weighted by Crippen LogP contribution is -2.36. The monoisotopic (exact) mass is 303 g/mol. The van der Waals surface area contributed by atoms with Crippen molar-refractivity contribution < 1.29 is 14.3 Å². The largest absolute Gasteiger partial charge is 0.433 e. The molecular weight excluding hydrogens is 294 g/mol. The van der Waals surface area contributed by atoms with Gasteiger partial charge in [0.1, 0.15) is 0 Å². The highest BCUT2D eigenvalue weighted by molar-refractivity contribution is 6.36. The standard InChI is InChI=1S/C14H10ClN3O3/c1-8(19)21-13-12(20)11-9(15)4-2-5-10(11)18(13)14-16-6-3-7-17-14/h2-7,13H,1H3. The first kappa shape index (κ1) is 13.5. The van der Waals surface area contributed by atoms with E-state index in [0.29, 0.717) is 16.3 Å². The molecule has 1 aromatic heterocycles. The number of hydrogen-bond acceptors (Lipinski definition) is 6. The van der Waals surface area contributed by atoms with Gasteiger partial charge in [-0.3, -0.25) is 14.5 Å². The zero-order chi connectivity index (χ0) is 15.0. The Kier molecular flexibility index (Phi) is 3.31. The number of halogens is 1. The summed E-state index contributed by atoms with van der Waals surface area (Å²) in [6.45, 7) is 1.24. The summed E-state index contributed by atoms with van der Waals surface area (Å²) in [5, 5.41) is 0.299. The van der Waals surface area contributed by atoms with E-state index in [9.17, 15) is 9.59 Å². The van der Waals surface area contributed by atoms with Gasteiger partial charge in [-0.15, -0.1) is 0 Å². The minimum Gasteiger partial charge on any atom is -0.433 e. The van der Waals surface area contributed by atoms with E-state index in [1.54, 1.807) is 36.7 Å². The van der Waals surface area contributed by atoms with Gasteiger partial charge in [0.05, 0.1) is 16.3 Å². The summed E-state index contributed by atoms with van der Waals surface area (Å²) < 4.78 is 5.13. The number of benzene rings is 1. The highest BCUT2D eigenvalue weighted by Gasteiger charge is 2.43. The molecule has 106 valence electrons. The van der Waals surface area contributed by atoms with Crippen molar-refractivity contribution in [1.29, 1.82) is 0 Å². The number of hydrogen-bond donors (Lipinski definition) is 0. The molecule has 6 nitrogen and oxygen atoms in total. The Morgan fingerprint density at radius 1 is 1.29 bits per heavy atom. The lowest BCUT2D eigenvalue weighted by atomic mass is 10.1. The van der Waals surface area contributed by atoms with Crippen LogP contribution in [0.25, 0.3) is 0 Å². The molecule has 21 heavy (non-hydrogen) atoms. The third-order valence-corrected chi connectivity index (χ3v) is 3.32. The molecule has 0 N–H and O–H groups in total. The SMILES string of the molecule is CC(=O)OC1C(=O)c2c(Cl)cccc2N1c1ncccn1. The van der Waals surface area contributed by atoms with E-state index < -0.39 is 18.0 Å². The quantitative estimate of drug-likeness (QED) is 0.793. The molecule has 0 bridgehead atoms. The van der Waals surface area contributed by atoms with Gasteiger partial charge in [-0.25, -0.2) is 9.97 Å². The molecule has 0 fully saturated rings. The van der Waals surface area contributed by atoms with Crippen molar-refractivity contribution in [2.75, 3.05) is 4.90 Å². The van der Waals surface area contributed by atoms with E-state index in [4.69, 9.17) is 16.3 Å². The van der Waals surface area contributed by atoms with Crippen molar-refractivity contribution in [3.63, 3.8) is 0 Å². The smallest absolute Gasteiger partial charge is 0.304 e. The second-order valence-electron chi connectivity index (χ2n) is 4.38. The molecular formula is C14H10ClN3O3. The van der Waals surface area contributed by atoms with Crippen LogP contribution in [-0.2, 0) is 9.53 Å². The molecule has 1 aliphatic heterocycles. The number of esters is 1. The van der Waals surface area contributed by atoms with Gasteiger partial charge in [-0.05, 0) is 18.2 Å². The summed E-state index contributed by atoms with van der Waals surface area (Å²) in [4.78, 5) is 33.4. The topological polar surface area (TPSA) is 72.4 Å². The molecule has 0 spiro atoms. The molecule has 0 amide bonds. The Morgan fingerprint density at radius 2 is 2.00 bits per heavy atom. The van der Waals surface area contributed by atoms with Gasteiger partial charge in [0, 0.05) is 19.3 Å². The van der Waals surface area contributed by atoms with Crippen molar-refractivity contribution in [2.45, 2.75) is 13.2 Å². The molecule has 2 heterocycles. The molecule has 3 rings (SSSR count). The highest BCUT2D eigenvalue weighted by atomic mass is 35.5. The average molecular weight is 304 g/mol. The van der Waals surface area contributed by atoms with Crippen molar-refractivity contribution in [3.8, 4) is 0 Å². The molecule has 0 aliphatic carbocycles. The van der Waals surface area contributed by atoms with Gasteiger partial charge >= 0.3 is 5.97 Å². The van der Waals surface area contributed by atoms with Gasteiger partial charge in [-0.1, -0.05) is 17.7 Å². The Bertz CT molecular complexity index is 721. The Balaban J connectivity index is 2.16. The first-order chi connectivity index (χ1) is 10.1. The van der Waals surface area contributed by atoms with Gasteiger partial charge in [-0.2, -0.15) is 0 Å². The van der Waals surface area contributed by atoms with Gasteiger partial charge < -0.3 is 4.74 Å². The number of nitrogens with zero attached hydrogens (tertiary/aromatic N) is 3. The lowest BCUT2D eigenvalue weighted by molar-refractivity contribution is -0.143. The number of Topliss-reactive ketones (excluding diaryl/α,β-unsaturated/α-hetero) is 1. The number of ether oxygens (including phenoxy) is 1. The van der Waals surface area contributed by atoms with Crippen molar-refractivity contribution >= 4 is 35.0 Å². The van der Waals surface area contributed by atoms with Gasteiger partial charge in [0.25, 0.3) is 0 Å². The minimum atomic E-state index is -1.14. The number of ketones is 1. The highest BCUT2D eigenvalue weighted by Crippen LogP contribution is 2.40. The predicted molar refractivity (Wildman–Crippen MR) is 75.5 cm³/mol. The number of rotatable bonds is 2. The first-order valence-corrected chi connectivity index (χ1v) is 6.53. The molecule has 1 aliphatic rings. The van der Waals surface area contributed by atoms with Crippen LogP contribution in [0.3, 0.4) is 0 Å². The molecule has 0 radical (unpaired) electrons. The summed E-state index contributed by atoms with van der Waals surface area (Å²) in [5.41, 5.74) is 0.822. The second-order valence-corrected chi connectivity index (χ2v) is 4.79. The molecule has 0 saturated carbocycles. The molecule has 1 aromatic carbocycles. The van der Waals surface area contributed by atoms with Crippen LogP contribution in [0.2, 0.25) is 5.02 Å². The molecule has 1 unspecified atom stereocenters. The molecule has 0 saturated heterocycles. The normalized spacial score (nSPS) is 16.8. The third kappa shape index (κ3) is 2.23. The van der Waals surface area contributed by atoms with Gasteiger partial charge in [0.2, 0.25) is 18.0 Å². The average Bonchev–Trinajstić information content (AvgIpc) is 2.73. The first-order valence-electron chi connectivity index (χ1n) is 6.16. The Labute approximate surface area is 125 Å². The number of anilines is 2. The van der Waals surface area contributed by atoms with E-state index >= 15 is 0 Å². The number of fused-ring (bicyclic) bond motifs is 1. The summed E-state index contributed by atoms with van der Waals surface area (Å²) in [7, 11) is 0. The Hall–Kier alpha value is -2.47. The van der Waals surface area contributed by atoms with Crippen LogP contribution in [-0.4, -0.2) is 27.9 Å². The van der Waals surface area contributed by atoms with Crippen molar-refractivity contribution in [3.05, 3.63) is 47.2 Å². The maximum absolute atomic E-state index is 12.5. The zero-order valence-electron chi connectivity index (χ0n) is 11.0. The van der Waals surface area contributed by atoms with Crippen LogP contribution < -0.4 is 4.90 Å². The van der Waals surface area contributed by atoms with E-state index in [1.807, 2.05) is 0 Å². The summed E-state index contributed by atoms with van der Waals surface area (Å²) in [6.07, 6.45) is 1.94. The van der Waals surface area contributed by atoms with Crippen LogP contribution >= 0.6 is 11.6 Å². The lowest BCUT2D eigenvalue weighted by Gasteiger charge is -2.23. The maximum Gasteiger partial charge on any atom is 0.304 e. The molecule has 7 heteroatoms. The van der Waals surface area contributed by atoms with E-state index in [0.717, 1.165) is 0 Å². The van der Waals surface area contributed by atoms with Crippen LogP contribution in [0.4, 0.5) is 11.6 Å². The van der Waals surface area contributed by atoms with E-state index in [-0.39, 0.29) is 5.95 Å². The van der Waals surface area contributed by atoms with Gasteiger partial charge in [0.15, 0.2) is 0 Å². The predicted octanol–water partition coefficient (Wildman–Crippen LogP) is 2.35. The van der Waals surface area contributed by atoms with Crippen LogP contribution in [0.5, 0.6) is 0 Å². The fourth-order valence-corrected chi connectivity index (χ4v) is 2.48. The third-order valence-electron chi connectivity index (χ3n) is 3.00. The maximum atomic E-state index is 12.5. The zero-order valence-corrected chi connectivity index (χ0v) is 11.7. The van der Waals surface area contributed by atoms with Crippen molar-refractivity contribution in [2.24, 2.45) is 0 Å². The van der Waals surface area contributed by atoms with E-state index in [2.05, 4.69) is 9.97 Å². The number of carbonyl (C=O) groups excluding carboxylic acids is 2. The van der Waals surface area contributed by atoms with Crippen LogP contribution in [0.1, 0.15) is 17.3 Å². The summed E-state index contributed by atoms with van der Waals surface area (Å²) >= 11 is 6.09. The van der Waals surface area contributed by atoms with Crippen molar-refractivity contribution in [1.82, 2.24) is 9.97 Å². The fraction of sp³-hybridized carbons (Fsp3) is 0.143. The fourth-order valence-electron chi connectivity index (χ4n) is 2.22. The molecule has 2 aromatic rings. The molecule has 1 atom stereocenters. The minimum absolute atomic E-state index is 0.262.